The average molecular weight is 682 g/mol. The van der Waals surface area contributed by atoms with Gasteiger partial charge in [-0.2, -0.15) is 0 Å². The van der Waals surface area contributed by atoms with Crippen LogP contribution in [0.25, 0.3) is 106 Å². The lowest BCUT2D eigenvalue weighted by Crippen LogP contribution is -2.01. The van der Waals surface area contributed by atoms with Crippen LogP contribution in [0.2, 0.25) is 0 Å². The Hall–Kier alpha value is -7.38. The molecule has 248 valence electrons. The molecular weight excluding hydrogens is 655 g/mol. The summed E-state index contributed by atoms with van der Waals surface area (Å²) in [6.45, 7) is 0. The van der Waals surface area contributed by atoms with Crippen molar-refractivity contribution < 1.29 is 8.83 Å². The van der Waals surface area contributed by atoms with Crippen LogP contribution in [0, 0.1) is 0 Å². The third kappa shape index (κ3) is 4.75. The summed E-state index contributed by atoms with van der Waals surface area (Å²) in [5, 5.41) is 4.26. The third-order valence-corrected chi connectivity index (χ3v) is 9.89. The summed E-state index contributed by atoms with van der Waals surface area (Å²) in [7, 11) is 0. The van der Waals surface area contributed by atoms with Crippen molar-refractivity contribution in [2.75, 3.05) is 0 Å². The average Bonchev–Trinajstić information content (AvgIpc) is 3.93. The van der Waals surface area contributed by atoms with Gasteiger partial charge in [-0.05, 0) is 60.7 Å². The Morgan fingerprint density at radius 1 is 0.396 bits per heavy atom. The number of hydrogen-bond donors (Lipinski definition) is 0. The van der Waals surface area contributed by atoms with Crippen molar-refractivity contribution in [3.05, 3.63) is 164 Å². The first-order valence-corrected chi connectivity index (χ1v) is 17.5. The minimum absolute atomic E-state index is 0.552. The van der Waals surface area contributed by atoms with Crippen LogP contribution >= 0.6 is 0 Å². The van der Waals surface area contributed by atoms with E-state index in [1.807, 2.05) is 84.9 Å². The van der Waals surface area contributed by atoms with Crippen molar-refractivity contribution in [2.24, 2.45) is 0 Å². The first-order chi connectivity index (χ1) is 26.2. The normalized spacial score (nSPS) is 11.8. The van der Waals surface area contributed by atoms with Crippen LogP contribution < -0.4 is 0 Å². The molecule has 11 rings (SSSR count). The third-order valence-electron chi connectivity index (χ3n) is 9.89. The van der Waals surface area contributed by atoms with Crippen LogP contribution in [0.5, 0.6) is 0 Å². The van der Waals surface area contributed by atoms with Crippen molar-refractivity contribution in [1.82, 2.24) is 24.5 Å². The van der Waals surface area contributed by atoms with Crippen molar-refractivity contribution in [2.45, 2.75) is 0 Å². The van der Waals surface area contributed by atoms with Crippen molar-refractivity contribution in [1.29, 1.82) is 0 Å². The van der Waals surface area contributed by atoms with Crippen molar-refractivity contribution in [3.63, 3.8) is 0 Å². The lowest BCUT2D eigenvalue weighted by atomic mass is 10.0. The van der Waals surface area contributed by atoms with Crippen molar-refractivity contribution in [3.8, 4) is 51.3 Å². The first-order valence-electron chi connectivity index (χ1n) is 17.5. The maximum atomic E-state index is 6.40. The Morgan fingerprint density at radius 2 is 1.06 bits per heavy atom. The molecule has 4 aromatic heterocycles. The van der Waals surface area contributed by atoms with Crippen LogP contribution in [0.15, 0.2) is 173 Å². The Bertz CT molecular complexity index is 3110. The van der Waals surface area contributed by atoms with E-state index in [4.69, 9.17) is 28.8 Å². The number of hydrogen-bond acceptors (Lipinski definition) is 6. The zero-order valence-electron chi connectivity index (χ0n) is 28.1. The SMILES string of the molecule is c1ccc(-c2nc(-c3cccc(-n4c5ccccc5c5ccccc54)c3)nc(-c3cccc4oc5ccc(-c6nc7ccccc7o6)cc5c34)n2)cc1. The Labute approximate surface area is 302 Å². The highest BCUT2D eigenvalue weighted by Gasteiger charge is 2.20. The Kier molecular flexibility index (Phi) is 6.42. The molecule has 7 heteroatoms. The molecule has 0 aliphatic rings. The number of furan rings is 1. The molecular formula is C46H27N5O2. The molecule has 0 radical (unpaired) electrons. The number of nitrogens with zero attached hydrogens (tertiary/aromatic N) is 5. The van der Waals surface area contributed by atoms with Gasteiger partial charge in [0.15, 0.2) is 23.1 Å². The molecule has 53 heavy (non-hydrogen) atoms. The maximum absolute atomic E-state index is 6.40. The fourth-order valence-corrected chi connectivity index (χ4v) is 7.47. The van der Waals surface area contributed by atoms with E-state index >= 15 is 0 Å². The number of rotatable bonds is 5. The molecule has 0 saturated heterocycles. The van der Waals surface area contributed by atoms with E-state index in [9.17, 15) is 0 Å². The van der Waals surface area contributed by atoms with Gasteiger partial charge in [0.1, 0.15) is 16.7 Å². The van der Waals surface area contributed by atoms with Gasteiger partial charge in [-0.15, -0.1) is 0 Å². The molecule has 0 saturated carbocycles. The Balaban J connectivity index is 1.11. The molecule has 0 spiro atoms. The van der Waals surface area contributed by atoms with Crippen LogP contribution in [0.4, 0.5) is 0 Å². The predicted octanol–water partition coefficient (Wildman–Crippen LogP) is 11.7. The van der Waals surface area contributed by atoms with Crippen LogP contribution in [-0.4, -0.2) is 24.5 Å². The lowest BCUT2D eigenvalue weighted by Gasteiger charge is -2.12. The maximum Gasteiger partial charge on any atom is 0.227 e. The fraction of sp³-hybridized carbons (Fsp3) is 0. The summed E-state index contributed by atoms with van der Waals surface area (Å²) < 4.78 is 14.8. The second-order valence-electron chi connectivity index (χ2n) is 13.1. The molecule has 7 aromatic carbocycles. The smallest absolute Gasteiger partial charge is 0.227 e. The summed E-state index contributed by atoms with van der Waals surface area (Å²) in [5.41, 5.74) is 9.84. The van der Waals surface area contributed by atoms with Crippen LogP contribution in [0.1, 0.15) is 0 Å². The van der Waals surface area contributed by atoms with E-state index < -0.39 is 0 Å². The van der Waals surface area contributed by atoms with Gasteiger partial charge in [-0.1, -0.05) is 103 Å². The predicted molar refractivity (Wildman–Crippen MR) is 211 cm³/mol. The topological polar surface area (TPSA) is 82.8 Å². The molecule has 0 aliphatic carbocycles. The summed E-state index contributed by atoms with van der Waals surface area (Å²) in [6.07, 6.45) is 0. The van der Waals surface area contributed by atoms with Gasteiger partial charge in [0.2, 0.25) is 5.89 Å². The van der Waals surface area contributed by atoms with E-state index in [2.05, 4.69) is 83.4 Å². The number of fused-ring (bicyclic) bond motifs is 7. The molecule has 0 atom stereocenters. The van der Waals surface area contributed by atoms with Crippen LogP contribution in [-0.2, 0) is 0 Å². The van der Waals surface area contributed by atoms with Gasteiger partial charge in [0.25, 0.3) is 0 Å². The molecule has 0 fully saturated rings. The van der Waals surface area contributed by atoms with Gasteiger partial charge in [-0.25, -0.2) is 19.9 Å². The molecule has 0 bridgehead atoms. The summed E-state index contributed by atoms with van der Waals surface area (Å²) in [4.78, 5) is 20.1. The summed E-state index contributed by atoms with van der Waals surface area (Å²) in [5.74, 6) is 2.27. The molecule has 4 heterocycles. The number of oxazole rings is 1. The van der Waals surface area contributed by atoms with E-state index in [1.54, 1.807) is 0 Å². The number of aromatic nitrogens is 5. The molecule has 7 nitrogen and oxygen atoms in total. The van der Waals surface area contributed by atoms with Gasteiger partial charge in [0.05, 0.1) is 11.0 Å². The minimum atomic E-state index is 0.552. The lowest BCUT2D eigenvalue weighted by molar-refractivity contribution is 0.620. The number of para-hydroxylation sites is 4. The zero-order chi connectivity index (χ0) is 34.9. The summed E-state index contributed by atoms with van der Waals surface area (Å²) >= 11 is 0. The van der Waals surface area contributed by atoms with Gasteiger partial charge in [0, 0.05) is 49.5 Å². The summed E-state index contributed by atoms with van der Waals surface area (Å²) in [6, 6.07) is 55.3. The largest absolute Gasteiger partial charge is 0.456 e. The quantitative estimate of drug-likeness (QED) is 0.180. The highest BCUT2D eigenvalue weighted by Crippen LogP contribution is 2.39. The van der Waals surface area contributed by atoms with E-state index in [1.165, 1.54) is 10.8 Å². The van der Waals surface area contributed by atoms with E-state index in [-0.39, 0.29) is 0 Å². The second-order valence-corrected chi connectivity index (χ2v) is 13.1. The van der Waals surface area contributed by atoms with Gasteiger partial charge in [-0.3, -0.25) is 0 Å². The van der Waals surface area contributed by atoms with E-state index in [0.717, 1.165) is 72.0 Å². The zero-order valence-corrected chi connectivity index (χ0v) is 28.1. The second kappa shape index (κ2) is 11.6. The molecule has 0 aliphatic heterocycles. The fourth-order valence-electron chi connectivity index (χ4n) is 7.47. The molecule has 0 amide bonds. The first kappa shape index (κ1) is 29.4. The Morgan fingerprint density at radius 3 is 1.87 bits per heavy atom. The minimum Gasteiger partial charge on any atom is -0.456 e. The molecule has 11 aromatic rings. The highest BCUT2D eigenvalue weighted by atomic mass is 16.3. The highest BCUT2D eigenvalue weighted by molar-refractivity contribution is 6.13. The van der Waals surface area contributed by atoms with Gasteiger partial charge >= 0.3 is 0 Å². The monoisotopic (exact) mass is 681 g/mol. The number of benzene rings is 7. The molecule has 0 unspecified atom stereocenters. The van der Waals surface area contributed by atoms with Crippen LogP contribution in [0.3, 0.4) is 0 Å². The van der Waals surface area contributed by atoms with Crippen molar-refractivity contribution >= 4 is 54.8 Å². The van der Waals surface area contributed by atoms with Gasteiger partial charge < -0.3 is 13.4 Å². The van der Waals surface area contributed by atoms with E-state index in [0.29, 0.717) is 23.4 Å². The molecule has 0 N–H and O–H groups in total. The standard InChI is InChI=1S/C46H27N5O2/c1-2-12-28(13-3-1)43-48-44(29-14-10-15-31(26-29)51-37-20-7-4-16-32(37)33-17-5-8-21-38(33)51)50-45(49-43)34-18-11-23-41-42(34)35-27-30(24-25-39(35)52-41)46-47-36-19-6-9-22-40(36)53-46/h1-27H.